The van der Waals surface area contributed by atoms with Crippen molar-refractivity contribution >= 4 is 15.9 Å². The predicted octanol–water partition coefficient (Wildman–Crippen LogP) is 3.82. The summed E-state index contributed by atoms with van der Waals surface area (Å²) in [6, 6.07) is 21.3. The van der Waals surface area contributed by atoms with E-state index in [0.29, 0.717) is 13.0 Å². The van der Waals surface area contributed by atoms with Crippen molar-refractivity contribution in [2.45, 2.75) is 30.3 Å². The van der Waals surface area contributed by atoms with Gasteiger partial charge < -0.3 is 5.32 Å². The summed E-state index contributed by atoms with van der Waals surface area (Å²) in [6.07, 6.45) is 0.559. The van der Waals surface area contributed by atoms with Crippen molar-refractivity contribution in [2.24, 2.45) is 0 Å². The van der Waals surface area contributed by atoms with E-state index in [1.54, 1.807) is 0 Å². The number of carbonyl (C=O) groups excluding carboxylic acids is 1. The molecule has 1 amide bonds. The number of fused-ring (bicyclic) bond motifs is 1. The van der Waals surface area contributed by atoms with E-state index < -0.39 is 21.9 Å². The summed E-state index contributed by atoms with van der Waals surface area (Å²) in [5, 5.41) is 2.89. The van der Waals surface area contributed by atoms with E-state index in [9.17, 15) is 17.6 Å². The van der Waals surface area contributed by atoms with Crippen molar-refractivity contribution in [2.75, 3.05) is 6.54 Å². The molecule has 0 spiro atoms. The largest absolute Gasteiger partial charge is 0.352 e. The van der Waals surface area contributed by atoms with Crippen molar-refractivity contribution in [3.63, 3.8) is 0 Å². The summed E-state index contributed by atoms with van der Waals surface area (Å²) >= 11 is 0. The summed E-state index contributed by atoms with van der Waals surface area (Å²) in [5.74, 6) is -0.732. The van der Waals surface area contributed by atoms with Gasteiger partial charge in [0.15, 0.2) is 0 Å². The minimum absolute atomic E-state index is 0.00424. The van der Waals surface area contributed by atoms with Gasteiger partial charge >= 0.3 is 0 Å². The Morgan fingerprint density at radius 2 is 1.65 bits per heavy atom. The monoisotopic (exact) mass is 438 g/mol. The first-order chi connectivity index (χ1) is 14.9. The Balaban J connectivity index is 1.60. The Bertz CT molecular complexity index is 1160. The van der Waals surface area contributed by atoms with Gasteiger partial charge in [-0.05, 0) is 47.4 Å². The minimum atomic E-state index is -3.90. The highest BCUT2D eigenvalue weighted by molar-refractivity contribution is 7.89. The van der Waals surface area contributed by atoms with Crippen LogP contribution < -0.4 is 5.32 Å². The Morgan fingerprint density at radius 1 is 0.968 bits per heavy atom. The average molecular weight is 439 g/mol. The Morgan fingerprint density at radius 3 is 2.39 bits per heavy atom. The molecule has 0 aliphatic carbocycles. The maximum absolute atomic E-state index is 13.4. The number of hydrogen-bond acceptors (Lipinski definition) is 3. The van der Waals surface area contributed by atoms with E-state index in [1.165, 1.54) is 16.4 Å². The maximum Gasteiger partial charge on any atom is 0.243 e. The van der Waals surface area contributed by atoms with E-state index in [2.05, 4.69) is 5.32 Å². The number of sulfonamides is 1. The fraction of sp³-hybridized carbons (Fsp3) is 0.208. The van der Waals surface area contributed by atoms with E-state index in [1.807, 2.05) is 54.6 Å². The van der Waals surface area contributed by atoms with Gasteiger partial charge in [0, 0.05) is 19.5 Å². The molecule has 1 N–H and O–H groups in total. The normalized spacial score (nSPS) is 16.5. The maximum atomic E-state index is 13.4. The lowest BCUT2D eigenvalue weighted by atomic mass is 9.92. The smallest absolute Gasteiger partial charge is 0.243 e. The number of rotatable bonds is 6. The number of amides is 1. The molecule has 1 atom stereocenters. The first-order valence-electron chi connectivity index (χ1n) is 10.1. The fourth-order valence-electron chi connectivity index (χ4n) is 3.91. The number of benzene rings is 3. The molecule has 3 aromatic carbocycles. The number of nitrogens with one attached hydrogen (secondary N) is 1. The molecular formula is C24H23FN2O3S. The van der Waals surface area contributed by atoms with E-state index >= 15 is 0 Å². The van der Waals surface area contributed by atoms with Crippen molar-refractivity contribution in [1.29, 1.82) is 0 Å². The molecular weight excluding hydrogens is 415 g/mol. The lowest BCUT2D eigenvalue weighted by Crippen LogP contribution is -2.42. The molecule has 1 aliphatic heterocycles. The number of halogens is 1. The van der Waals surface area contributed by atoms with Crippen LogP contribution in [0.15, 0.2) is 83.8 Å². The quantitative estimate of drug-likeness (QED) is 0.636. The molecule has 31 heavy (non-hydrogen) atoms. The molecule has 0 saturated heterocycles. The third-order valence-corrected chi connectivity index (χ3v) is 7.42. The zero-order chi connectivity index (χ0) is 21.8. The molecule has 5 nitrogen and oxygen atoms in total. The molecule has 0 bridgehead atoms. The van der Waals surface area contributed by atoms with Crippen LogP contribution in [0.3, 0.4) is 0 Å². The van der Waals surface area contributed by atoms with Gasteiger partial charge in [-0.25, -0.2) is 12.8 Å². The first kappa shape index (κ1) is 21.2. The van der Waals surface area contributed by atoms with Crippen molar-refractivity contribution < 1.29 is 17.6 Å². The molecule has 0 fully saturated rings. The summed E-state index contributed by atoms with van der Waals surface area (Å²) in [4.78, 5) is 12.8. The topological polar surface area (TPSA) is 66.5 Å². The predicted molar refractivity (Wildman–Crippen MR) is 116 cm³/mol. The van der Waals surface area contributed by atoms with Gasteiger partial charge in [-0.15, -0.1) is 0 Å². The molecule has 1 heterocycles. The first-order valence-corrected chi connectivity index (χ1v) is 11.5. The third-order valence-electron chi connectivity index (χ3n) is 5.49. The highest BCUT2D eigenvalue weighted by atomic mass is 32.2. The standard InChI is InChI=1S/C24H23FN2O3S/c25-20-10-12-21(13-11-20)31(29,30)27-15-14-19-8-4-5-9-22(19)23(27)16-24(28)26-17-18-6-2-1-3-7-18/h1-13,23H,14-17H2,(H,26,28)/t23-/m0/s1. The van der Waals surface area contributed by atoms with Gasteiger partial charge in [0.05, 0.1) is 10.9 Å². The second-order valence-corrected chi connectivity index (χ2v) is 9.39. The Hall–Kier alpha value is -3.03. The van der Waals surface area contributed by atoms with Crippen molar-refractivity contribution in [3.05, 3.63) is 101 Å². The van der Waals surface area contributed by atoms with Crippen LogP contribution in [0.5, 0.6) is 0 Å². The lowest BCUT2D eigenvalue weighted by Gasteiger charge is -2.36. The van der Waals surface area contributed by atoms with Crippen LogP contribution in [0.25, 0.3) is 0 Å². The molecule has 160 valence electrons. The summed E-state index contributed by atoms with van der Waals surface area (Å²) in [7, 11) is -3.90. The van der Waals surface area contributed by atoms with Gasteiger partial charge in [0.2, 0.25) is 15.9 Å². The molecule has 1 aliphatic rings. The molecule has 3 aromatic rings. The molecule has 0 radical (unpaired) electrons. The van der Waals surface area contributed by atoms with Crippen LogP contribution in [-0.4, -0.2) is 25.2 Å². The summed E-state index contributed by atoms with van der Waals surface area (Å²) in [5.41, 5.74) is 2.83. The number of carbonyl (C=O) groups is 1. The molecule has 0 saturated carbocycles. The van der Waals surface area contributed by atoms with Crippen LogP contribution in [0.2, 0.25) is 0 Å². The molecule has 7 heteroatoms. The second kappa shape index (κ2) is 8.99. The van der Waals surface area contributed by atoms with Crippen LogP contribution in [0.1, 0.15) is 29.2 Å². The number of nitrogens with zero attached hydrogens (tertiary/aromatic N) is 1. The van der Waals surface area contributed by atoms with Crippen LogP contribution >= 0.6 is 0 Å². The SMILES string of the molecule is O=C(C[C@H]1c2ccccc2CCN1S(=O)(=O)c1ccc(F)cc1)NCc1ccccc1. The number of hydrogen-bond donors (Lipinski definition) is 1. The van der Waals surface area contributed by atoms with Crippen molar-refractivity contribution in [1.82, 2.24) is 9.62 Å². The zero-order valence-electron chi connectivity index (χ0n) is 16.9. The van der Waals surface area contributed by atoms with Gasteiger partial charge in [-0.2, -0.15) is 4.31 Å². The van der Waals surface area contributed by atoms with Gasteiger partial charge in [0.1, 0.15) is 5.82 Å². The van der Waals surface area contributed by atoms with Gasteiger partial charge in [0.25, 0.3) is 0 Å². The van der Waals surface area contributed by atoms with E-state index in [4.69, 9.17) is 0 Å². The summed E-state index contributed by atoms with van der Waals surface area (Å²) in [6.45, 7) is 0.631. The molecule has 0 aromatic heterocycles. The van der Waals surface area contributed by atoms with Crippen LogP contribution in [0.4, 0.5) is 4.39 Å². The molecule has 0 unspecified atom stereocenters. The van der Waals surface area contributed by atoms with Crippen molar-refractivity contribution in [3.8, 4) is 0 Å². The van der Waals surface area contributed by atoms with Gasteiger partial charge in [-0.1, -0.05) is 54.6 Å². The third kappa shape index (κ3) is 4.68. The zero-order valence-corrected chi connectivity index (χ0v) is 17.7. The molecule has 4 rings (SSSR count). The highest BCUT2D eigenvalue weighted by Gasteiger charge is 2.37. The van der Waals surface area contributed by atoms with Crippen LogP contribution in [-0.2, 0) is 27.8 Å². The van der Waals surface area contributed by atoms with E-state index in [-0.39, 0.29) is 23.8 Å². The van der Waals surface area contributed by atoms with E-state index in [0.717, 1.165) is 28.8 Å². The Labute approximate surface area is 181 Å². The van der Waals surface area contributed by atoms with Gasteiger partial charge in [-0.3, -0.25) is 4.79 Å². The second-order valence-electron chi connectivity index (χ2n) is 7.50. The lowest BCUT2D eigenvalue weighted by molar-refractivity contribution is -0.122. The summed E-state index contributed by atoms with van der Waals surface area (Å²) < 4.78 is 41.4. The minimum Gasteiger partial charge on any atom is -0.352 e. The average Bonchev–Trinajstić information content (AvgIpc) is 2.79. The fourth-order valence-corrected chi connectivity index (χ4v) is 5.52. The Kier molecular flexibility index (Phi) is 6.15. The highest BCUT2D eigenvalue weighted by Crippen LogP contribution is 2.36. The van der Waals surface area contributed by atoms with Crippen LogP contribution in [0, 0.1) is 5.82 Å².